The minimum absolute atomic E-state index is 0.380. The number of anilines is 1. The molecule has 1 fully saturated rings. The molecule has 0 unspecified atom stereocenters. The van der Waals surface area contributed by atoms with Gasteiger partial charge < -0.3 is 10.6 Å². The van der Waals surface area contributed by atoms with Crippen molar-refractivity contribution in [2.45, 2.75) is 0 Å². The largest absolute Gasteiger partial charge is 0.389 e. The number of nitrogens with zero attached hydrogens (tertiary/aromatic N) is 2. The molecule has 104 valence electrons. The number of aromatic nitrogens is 1. The van der Waals surface area contributed by atoms with E-state index in [2.05, 4.69) is 9.88 Å². The molecule has 0 aliphatic carbocycles. The Morgan fingerprint density at radius 2 is 2.00 bits per heavy atom. The van der Waals surface area contributed by atoms with E-state index in [1.54, 1.807) is 0 Å². The molecule has 0 atom stereocenters. The van der Waals surface area contributed by atoms with Crippen molar-refractivity contribution in [3.63, 3.8) is 0 Å². The number of hydrogen-bond acceptors (Lipinski definition) is 4. The third-order valence-electron chi connectivity index (χ3n) is 3.47. The molecule has 0 spiro atoms. The number of fused-ring (bicyclic) bond motifs is 1. The number of benzene rings is 1. The molecule has 1 aromatic carbocycles. The topological polar surface area (TPSA) is 59.2 Å². The molecule has 2 heterocycles. The average Bonchev–Trinajstić information content (AvgIpc) is 2.46. The Hall–Kier alpha value is -1.53. The second kappa shape index (κ2) is 5.46. The van der Waals surface area contributed by atoms with Gasteiger partial charge in [0.2, 0.25) is 0 Å². The maximum atomic E-state index is 11.5. The fourth-order valence-corrected chi connectivity index (χ4v) is 3.62. The first-order valence-electron chi connectivity index (χ1n) is 6.44. The van der Waals surface area contributed by atoms with Gasteiger partial charge in [0.05, 0.1) is 5.52 Å². The van der Waals surface area contributed by atoms with E-state index in [0.717, 1.165) is 35.4 Å². The first kappa shape index (κ1) is 13.5. The lowest BCUT2D eigenvalue weighted by Crippen LogP contribution is -2.38. The van der Waals surface area contributed by atoms with E-state index in [4.69, 9.17) is 18.0 Å². The van der Waals surface area contributed by atoms with E-state index in [0.29, 0.717) is 16.5 Å². The molecule has 4 nitrogen and oxygen atoms in total. The van der Waals surface area contributed by atoms with Crippen molar-refractivity contribution in [1.82, 2.24) is 4.98 Å². The monoisotopic (exact) mass is 305 g/mol. The van der Waals surface area contributed by atoms with Gasteiger partial charge in [-0.3, -0.25) is 4.21 Å². The molecule has 0 radical (unpaired) electrons. The van der Waals surface area contributed by atoms with Gasteiger partial charge in [-0.2, -0.15) is 0 Å². The van der Waals surface area contributed by atoms with Gasteiger partial charge in [0.1, 0.15) is 10.8 Å². The Kier molecular flexibility index (Phi) is 3.67. The normalized spacial score (nSPS) is 16.5. The van der Waals surface area contributed by atoms with Crippen LogP contribution in [0, 0.1) is 0 Å². The molecular formula is C14H15N3OS2. The van der Waals surface area contributed by atoms with Crippen LogP contribution in [0.4, 0.5) is 5.82 Å². The molecule has 1 aliphatic heterocycles. The summed E-state index contributed by atoms with van der Waals surface area (Å²) in [5, 5.41) is 0.976. The summed E-state index contributed by atoms with van der Waals surface area (Å²) in [5.74, 6) is 2.25. The summed E-state index contributed by atoms with van der Waals surface area (Å²) in [6.07, 6.45) is 0. The number of nitrogens with two attached hydrogens (primary N) is 1. The molecule has 6 heteroatoms. The zero-order valence-electron chi connectivity index (χ0n) is 10.9. The molecule has 20 heavy (non-hydrogen) atoms. The Labute approximate surface area is 125 Å². The van der Waals surface area contributed by atoms with Gasteiger partial charge in [-0.15, -0.1) is 0 Å². The quantitative estimate of drug-likeness (QED) is 0.851. The van der Waals surface area contributed by atoms with Crippen LogP contribution in [0.3, 0.4) is 0 Å². The van der Waals surface area contributed by atoms with Crippen LogP contribution in [0.5, 0.6) is 0 Å². The second-order valence-corrected chi connectivity index (χ2v) is 6.88. The lowest BCUT2D eigenvalue weighted by atomic mass is 10.1. The summed E-state index contributed by atoms with van der Waals surface area (Å²) in [5.41, 5.74) is 7.58. The maximum Gasteiger partial charge on any atom is 0.130 e. The molecule has 2 aromatic rings. The van der Waals surface area contributed by atoms with Crippen LogP contribution in [0.25, 0.3) is 10.9 Å². The standard InChI is InChI=1S/C14H15N3OS2/c15-14(19)11-9-13(17-5-7-20(18)8-6-17)16-12-4-2-1-3-10(11)12/h1-4,9H,5-8H2,(H2,15,19). The highest BCUT2D eigenvalue weighted by molar-refractivity contribution is 7.85. The van der Waals surface area contributed by atoms with Gasteiger partial charge in [-0.1, -0.05) is 30.4 Å². The van der Waals surface area contributed by atoms with E-state index in [1.807, 2.05) is 30.3 Å². The molecule has 0 saturated carbocycles. The fourth-order valence-electron chi connectivity index (χ4n) is 2.39. The minimum atomic E-state index is -0.696. The van der Waals surface area contributed by atoms with E-state index < -0.39 is 10.8 Å². The van der Waals surface area contributed by atoms with Crippen LogP contribution in [0.15, 0.2) is 30.3 Å². The highest BCUT2D eigenvalue weighted by Gasteiger charge is 2.18. The molecular weight excluding hydrogens is 290 g/mol. The van der Waals surface area contributed by atoms with Crippen molar-refractivity contribution in [2.24, 2.45) is 5.73 Å². The van der Waals surface area contributed by atoms with E-state index >= 15 is 0 Å². The van der Waals surface area contributed by atoms with Crippen molar-refractivity contribution in [2.75, 3.05) is 29.5 Å². The van der Waals surface area contributed by atoms with Gasteiger partial charge >= 0.3 is 0 Å². The van der Waals surface area contributed by atoms with Gasteiger partial charge in [0.25, 0.3) is 0 Å². The lowest BCUT2D eigenvalue weighted by Gasteiger charge is -2.28. The van der Waals surface area contributed by atoms with Gasteiger partial charge in [-0.25, -0.2) is 4.98 Å². The van der Waals surface area contributed by atoms with Crippen molar-refractivity contribution in [1.29, 1.82) is 0 Å². The molecule has 0 bridgehead atoms. The molecule has 2 N–H and O–H groups in total. The SMILES string of the molecule is NC(=S)c1cc(N2CCS(=O)CC2)nc2ccccc12. The number of thiocarbonyl (C=S) groups is 1. The summed E-state index contributed by atoms with van der Waals surface area (Å²) in [6.45, 7) is 1.52. The summed E-state index contributed by atoms with van der Waals surface area (Å²) in [7, 11) is -0.696. The van der Waals surface area contributed by atoms with Crippen LogP contribution in [-0.4, -0.2) is 38.8 Å². The van der Waals surface area contributed by atoms with Crippen LogP contribution < -0.4 is 10.6 Å². The van der Waals surface area contributed by atoms with Crippen molar-refractivity contribution in [3.05, 3.63) is 35.9 Å². The number of rotatable bonds is 2. The Balaban J connectivity index is 2.08. The van der Waals surface area contributed by atoms with E-state index in [1.165, 1.54) is 0 Å². The van der Waals surface area contributed by atoms with Crippen molar-refractivity contribution < 1.29 is 4.21 Å². The summed E-state index contributed by atoms with van der Waals surface area (Å²) < 4.78 is 11.5. The van der Waals surface area contributed by atoms with Gasteiger partial charge in [0.15, 0.2) is 0 Å². The Bertz CT molecular complexity index is 692. The zero-order chi connectivity index (χ0) is 14.1. The predicted molar refractivity (Wildman–Crippen MR) is 87.7 cm³/mol. The highest BCUT2D eigenvalue weighted by Crippen LogP contribution is 2.23. The van der Waals surface area contributed by atoms with E-state index in [-0.39, 0.29) is 0 Å². The summed E-state index contributed by atoms with van der Waals surface area (Å²) in [6, 6.07) is 9.79. The molecule has 1 aromatic heterocycles. The fraction of sp³-hybridized carbons (Fsp3) is 0.286. The molecule has 1 aliphatic rings. The third-order valence-corrected chi connectivity index (χ3v) is 4.97. The second-order valence-electron chi connectivity index (χ2n) is 4.74. The summed E-state index contributed by atoms with van der Waals surface area (Å²) >= 11 is 5.15. The number of pyridine rings is 1. The smallest absolute Gasteiger partial charge is 0.130 e. The lowest BCUT2D eigenvalue weighted by molar-refractivity contribution is 0.672. The molecule has 0 amide bonds. The average molecular weight is 305 g/mol. The Morgan fingerprint density at radius 3 is 2.70 bits per heavy atom. The van der Waals surface area contributed by atoms with Crippen LogP contribution in [0.1, 0.15) is 5.56 Å². The Morgan fingerprint density at radius 1 is 1.30 bits per heavy atom. The van der Waals surface area contributed by atoms with Crippen LogP contribution in [0.2, 0.25) is 0 Å². The molecule has 1 saturated heterocycles. The maximum absolute atomic E-state index is 11.5. The van der Waals surface area contributed by atoms with Crippen molar-refractivity contribution >= 4 is 44.7 Å². The van der Waals surface area contributed by atoms with Gasteiger partial charge in [-0.05, 0) is 12.1 Å². The van der Waals surface area contributed by atoms with Crippen LogP contribution in [-0.2, 0) is 10.8 Å². The summed E-state index contributed by atoms with van der Waals surface area (Å²) in [4.78, 5) is 7.21. The number of para-hydroxylation sites is 1. The van der Waals surface area contributed by atoms with Crippen LogP contribution >= 0.6 is 12.2 Å². The minimum Gasteiger partial charge on any atom is -0.389 e. The highest BCUT2D eigenvalue weighted by atomic mass is 32.2. The number of hydrogen-bond donors (Lipinski definition) is 1. The predicted octanol–water partition coefficient (Wildman–Crippen LogP) is 1.44. The van der Waals surface area contributed by atoms with Crippen molar-refractivity contribution in [3.8, 4) is 0 Å². The molecule has 3 rings (SSSR count). The third kappa shape index (κ3) is 2.53. The van der Waals surface area contributed by atoms with E-state index in [9.17, 15) is 4.21 Å². The zero-order valence-corrected chi connectivity index (χ0v) is 12.5. The first-order valence-corrected chi connectivity index (χ1v) is 8.34. The first-order chi connectivity index (χ1) is 9.65. The van der Waals surface area contributed by atoms with Gasteiger partial charge in [0, 0.05) is 46.3 Å².